The number of rotatable bonds is 3. The highest BCUT2D eigenvalue weighted by Crippen LogP contribution is 2.29. The molecule has 0 fully saturated rings. The first-order valence-corrected chi connectivity index (χ1v) is 5.15. The lowest BCUT2D eigenvalue weighted by atomic mass is 9.83. The maximum atomic E-state index is 5.23. The van der Waals surface area contributed by atoms with E-state index in [1.165, 1.54) is 0 Å². The van der Waals surface area contributed by atoms with E-state index in [2.05, 4.69) is 42.5 Å². The maximum absolute atomic E-state index is 5.23. The molecule has 15 heavy (non-hydrogen) atoms. The summed E-state index contributed by atoms with van der Waals surface area (Å²) < 4.78 is 10.5. The standard InChI is InChI=1S/C13H16O2/c1-14-13(15-2)12-8-7-10-5-3-4-6-11(10)9-12/h3-11,13H,1-2H3. The first-order chi connectivity index (χ1) is 7.35. The molecule has 0 radical (unpaired) electrons. The van der Waals surface area contributed by atoms with Crippen LogP contribution in [0.25, 0.3) is 0 Å². The van der Waals surface area contributed by atoms with E-state index in [1.54, 1.807) is 14.2 Å². The SMILES string of the molecule is COC(OC)C1=CC2C=CC=CC2C=C1. The molecule has 80 valence electrons. The van der Waals surface area contributed by atoms with Crippen LogP contribution in [0.1, 0.15) is 0 Å². The Morgan fingerprint density at radius 1 is 1.00 bits per heavy atom. The largest absolute Gasteiger partial charge is 0.352 e. The zero-order chi connectivity index (χ0) is 10.7. The molecule has 2 nitrogen and oxygen atoms in total. The van der Waals surface area contributed by atoms with E-state index in [4.69, 9.17) is 9.47 Å². The molecule has 0 aromatic heterocycles. The second kappa shape index (κ2) is 4.60. The van der Waals surface area contributed by atoms with Crippen LogP contribution in [0.5, 0.6) is 0 Å². The zero-order valence-electron chi connectivity index (χ0n) is 9.09. The van der Waals surface area contributed by atoms with Crippen LogP contribution in [0.3, 0.4) is 0 Å². The van der Waals surface area contributed by atoms with E-state index in [1.807, 2.05) is 0 Å². The first kappa shape index (κ1) is 10.4. The van der Waals surface area contributed by atoms with Crippen LogP contribution < -0.4 is 0 Å². The first-order valence-electron chi connectivity index (χ1n) is 5.15. The molecule has 2 aliphatic carbocycles. The minimum absolute atomic E-state index is 0.249. The summed E-state index contributed by atoms with van der Waals surface area (Å²) in [6.45, 7) is 0. The number of ether oxygens (including phenoxy) is 2. The van der Waals surface area contributed by atoms with E-state index < -0.39 is 0 Å². The van der Waals surface area contributed by atoms with Crippen molar-refractivity contribution < 1.29 is 9.47 Å². The second-order valence-corrected chi connectivity index (χ2v) is 3.75. The van der Waals surface area contributed by atoms with Crippen LogP contribution in [0, 0.1) is 11.8 Å². The summed E-state index contributed by atoms with van der Waals surface area (Å²) >= 11 is 0. The molecule has 0 aliphatic heterocycles. The van der Waals surface area contributed by atoms with Gasteiger partial charge in [0, 0.05) is 31.6 Å². The molecule has 2 unspecified atom stereocenters. The fraction of sp³-hybridized carbons (Fsp3) is 0.385. The van der Waals surface area contributed by atoms with E-state index in [9.17, 15) is 0 Å². The third-order valence-corrected chi connectivity index (χ3v) is 2.82. The molecule has 0 spiro atoms. The summed E-state index contributed by atoms with van der Waals surface area (Å²) in [5.41, 5.74) is 1.10. The van der Waals surface area contributed by atoms with Gasteiger partial charge in [0.2, 0.25) is 0 Å². The van der Waals surface area contributed by atoms with Gasteiger partial charge in [-0.05, 0) is 0 Å². The third kappa shape index (κ3) is 2.11. The molecule has 0 aromatic carbocycles. The van der Waals surface area contributed by atoms with E-state index in [0.29, 0.717) is 11.8 Å². The predicted octanol–water partition coefficient (Wildman–Crippen LogP) is 2.46. The highest BCUT2D eigenvalue weighted by molar-refractivity contribution is 5.34. The van der Waals surface area contributed by atoms with Gasteiger partial charge in [0.25, 0.3) is 0 Å². The molecule has 0 bridgehead atoms. The highest BCUT2D eigenvalue weighted by Gasteiger charge is 2.21. The van der Waals surface area contributed by atoms with Gasteiger partial charge in [-0.1, -0.05) is 42.5 Å². The summed E-state index contributed by atoms with van der Waals surface area (Å²) in [4.78, 5) is 0. The van der Waals surface area contributed by atoms with Crippen molar-refractivity contribution in [3.8, 4) is 0 Å². The monoisotopic (exact) mass is 204 g/mol. The number of hydrogen-bond acceptors (Lipinski definition) is 2. The molecule has 0 saturated heterocycles. The van der Waals surface area contributed by atoms with Gasteiger partial charge in [0.15, 0.2) is 6.29 Å². The second-order valence-electron chi connectivity index (χ2n) is 3.75. The third-order valence-electron chi connectivity index (χ3n) is 2.82. The Morgan fingerprint density at radius 2 is 1.67 bits per heavy atom. The van der Waals surface area contributed by atoms with Gasteiger partial charge in [0.05, 0.1) is 0 Å². The minimum atomic E-state index is -0.249. The quantitative estimate of drug-likeness (QED) is 0.657. The van der Waals surface area contributed by atoms with Crippen LogP contribution in [0.15, 0.2) is 48.1 Å². The smallest absolute Gasteiger partial charge is 0.182 e. The zero-order valence-corrected chi connectivity index (χ0v) is 9.09. The van der Waals surface area contributed by atoms with Gasteiger partial charge < -0.3 is 9.47 Å². The lowest BCUT2D eigenvalue weighted by Gasteiger charge is -2.25. The lowest BCUT2D eigenvalue weighted by molar-refractivity contribution is -0.0730. The van der Waals surface area contributed by atoms with Gasteiger partial charge >= 0.3 is 0 Å². The number of methoxy groups -OCH3 is 2. The van der Waals surface area contributed by atoms with Crippen LogP contribution in [0.2, 0.25) is 0 Å². The van der Waals surface area contributed by atoms with Gasteiger partial charge in [-0.15, -0.1) is 0 Å². The molecule has 2 atom stereocenters. The van der Waals surface area contributed by atoms with Gasteiger partial charge in [0.1, 0.15) is 0 Å². The Morgan fingerprint density at radius 3 is 2.33 bits per heavy atom. The normalized spacial score (nSPS) is 28.1. The van der Waals surface area contributed by atoms with Crippen LogP contribution >= 0.6 is 0 Å². The van der Waals surface area contributed by atoms with Crippen molar-refractivity contribution in [2.75, 3.05) is 14.2 Å². The minimum Gasteiger partial charge on any atom is -0.352 e. The predicted molar refractivity (Wildman–Crippen MR) is 60.3 cm³/mol. The van der Waals surface area contributed by atoms with Gasteiger partial charge in [-0.3, -0.25) is 0 Å². The topological polar surface area (TPSA) is 18.5 Å². The molecular formula is C13H16O2. The summed E-state index contributed by atoms with van der Waals surface area (Å²) in [7, 11) is 3.32. The fourth-order valence-electron chi connectivity index (χ4n) is 2.03. The highest BCUT2D eigenvalue weighted by atomic mass is 16.7. The fourth-order valence-corrected chi connectivity index (χ4v) is 2.03. The van der Waals surface area contributed by atoms with E-state index in [-0.39, 0.29) is 6.29 Å². The molecular weight excluding hydrogens is 188 g/mol. The van der Waals surface area contributed by atoms with Gasteiger partial charge in [-0.25, -0.2) is 0 Å². The number of allylic oxidation sites excluding steroid dienone is 6. The van der Waals surface area contributed by atoms with Crippen molar-refractivity contribution >= 4 is 0 Å². The Kier molecular flexibility index (Phi) is 3.19. The van der Waals surface area contributed by atoms with Crippen molar-refractivity contribution in [2.24, 2.45) is 11.8 Å². The average Bonchev–Trinajstić information content (AvgIpc) is 2.30. The van der Waals surface area contributed by atoms with Gasteiger partial charge in [-0.2, -0.15) is 0 Å². The van der Waals surface area contributed by atoms with E-state index in [0.717, 1.165) is 5.57 Å². The number of hydrogen-bond donors (Lipinski definition) is 0. The summed E-state index contributed by atoms with van der Waals surface area (Å²) in [6, 6.07) is 0. The van der Waals surface area contributed by atoms with Crippen LogP contribution in [-0.2, 0) is 9.47 Å². The molecule has 2 rings (SSSR count). The summed E-state index contributed by atoms with van der Waals surface area (Å²) in [5, 5.41) is 0. The molecule has 0 saturated carbocycles. The molecule has 0 aromatic rings. The molecule has 2 aliphatic rings. The van der Waals surface area contributed by atoms with Crippen molar-refractivity contribution in [1.82, 2.24) is 0 Å². The van der Waals surface area contributed by atoms with Crippen molar-refractivity contribution in [2.45, 2.75) is 6.29 Å². The summed E-state index contributed by atoms with van der Waals surface area (Å²) in [5.74, 6) is 0.941. The molecule has 0 N–H and O–H groups in total. The molecule has 0 heterocycles. The van der Waals surface area contributed by atoms with Crippen molar-refractivity contribution in [1.29, 1.82) is 0 Å². The Balaban J connectivity index is 2.16. The maximum Gasteiger partial charge on any atom is 0.182 e. The van der Waals surface area contributed by atoms with Crippen molar-refractivity contribution in [3.63, 3.8) is 0 Å². The van der Waals surface area contributed by atoms with Crippen LogP contribution in [-0.4, -0.2) is 20.5 Å². The molecule has 0 amide bonds. The van der Waals surface area contributed by atoms with E-state index >= 15 is 0 Å². The molecule has 2 heteroatoms. The average molecular weight is 204 g/mol. The lowest BCUT2D eigenvalue weighted by Crippen LogP contribution is -2.20. The Labute approximate surface area is 90.6 Å². The Bertz CT molecular complexity index is 332. The summed E-state index contributed by atoms with van der Waals surface area (Å²) in [6.07, 6.45) is 14.8. The van der Waals surface area contributed by atoms with Crippen molar-refractivity contribution in [3.05, 3.63) is 48.1 Å². The Hall–Kier alpha value is -1.12. The van der Waals surface area contributed by atoms with Crippen LogP contribution in [0.4, 0.5) is 0 Å². The number of fused-ring (bicyclic) bond motifs is 1.